The first-order chi connectivity index (χ1) is 9.60. The molecule has 0 saturated carbocycles. The van der Waals surface area contributed by atoms with Gasteiger partial charge in [0.05, 0.1) is 5.69 Å². The number of hydrogen-bond donors (Lipinski definition) is 1. The molecule has 112 valence electrons. The summed E-state index contributed by atoms with van der Waals surface area (Å²) < 4.78 is 0. The Bertz CT molecular complexity index is 399. The molecule has 2 rings (SSSR count). The fourth-order valence-corrected chi connectivity index (χ4v) is 3.01. The number of aromatic nitrogens is 1. The largest absolute Gasteiger partial charge is 0.310 e. The second-order valence-corrected chi connectivity index (χ2v) is 6.35. The van der Waals surface area contributed by atoms with E-state index in [2.05, 4.69) is 55.0 Å². The van der Waals surface area contributed by atoms with Gasteiger partial charge in [-0.15, -0.1) is 0 Å². The summed E-state index contributed by atoms with van der Waals surface area (Å²) in [5.41, 5.74) is 2.47. The maximum Gasteiger partial charge on any atom is 0.0544 e. The molecule has 0 radical (unpaired) electrons. The van der Waals surface area contributed by atoms with Crippen LogP contribution in [0.4, 0.5) is 0 Å². The Balaban J connectivity index is 1.93. The molecule has 1 aliphatic rings. The van der Waals surface area contributed by atoms with Crippen LogP contribution in [0.15, 0.2) is 18.3 Å². The quantitative estimate of drug-likeness (QED) is 0.863. The van der Waals surface area contributed by atoms with Crippen molar-refractivity contribution in [2.45, 2.75) is 78.2 Å². The average Bonchev–Trinajstić information content (AvgIpc) is 2.79. The maximum atomic E-state index is 4.64. The van der Waals surface area contributed by atoms with Crippen molar-refractivity contribution in [3.05, 3.63) is 29.6 Å². The summed E-state index contributed by atoms with van der Waals surface area (Å²) in [6.45, 7) is 10.9. The molecule has 0 bridgehead atoms. The van der Waals surface area contributed by atoms with Gasteiger partial charge in [-0.25, -0.2) is 0 Å². The molecule has 1 saturated heterocycles. The van der Waals surface area contributed by atoms with Crippen LogP contribution in [-0.4, -0.2) is 28.0 Å². The van der Waals surface area contributed by atoms with E-state index >= 15 is 0 Å². The first kappa shape index (κ1) is 15.5. The number of nitrogens with zero attached hydrogens (tertiary/aromatic N) is 2. The van der Waals surface area contributed by atoms with Gasteiger partial charge in [0.25, 0.3) is 0 Å². The zero-order valence-electron chi connectivity index (χ0n) is 13.4. The summed E-state index contributed by atoms with van der Waals surface area (Å²) in [6, 6.07) is 6.36. The molecule has 0 aliphatic carbocycles. The first-order valence-electron chi connectivity index (χ1n) is 8.03. The Morgan fingerprint density at radius 2 is 2.15 bits per heavy atom. The monoisotopic (exact) mass is 275 g/mol. The van der Waals surface area contributed by atoms with E-state index in [1.165, 1.54) is 30.5 Å². The molecule has 1 fully saturated rings. The standard InChI is InChI=1S/C17H29N3/c1-5-17-9-6-14(4)20(17)12-16-8-7-15(11-19-16)10-18-13(2)3/h7-8,11,13-14,17-18H,5-6,9-10,12H2,1-4H3. The minimum absolute atomic E-state index is 0.519. The molecular formula is C17H29N3. The summed E-state index contributed by atoms with van der Waals surface area (Å²) in [4.78, 5) is 7.26. The molecule has 3 nitrogen and oxygen atoms in total. The molecule has 0 amide bonds. The van der Waals surface area contributed by atoms with Crippen LogP contribution in [-0.2, 0) is 13.1 Å². The van der Waals surface area contributed by atoms with E-state index in [1.807, 2.05) is 6.20 Å². The fraction of sp³-hybridized carbons (Fsp3) is 0.706. The number of rotatable bonds is 6. The third-order valence-electron chi connectivity index (χ3n) is 4.37. The molecule has 2 heterocycles. The van der Waals surface area contributed by atoms with Gasteiger partial charge in [0.2, 0.25) is 0 Å². The predicted molar refractivity (Wildman–Crippen MR) is 84.5 cm³/mol. The number of hydrogen-bond acceptors (Lipinski definition) is 3. The molecule has 2 unspecified atom stereocenters. The summed E-state index contributed by atoms with van der Waals surface area (Å²) in [5, 5.41) is 3.43. The van der Waals surface area contributed by atoms with E-state index in [0.29, 0.717) is 12.1 Å². The first-order valence-corrected chi connectivity index (χ1v) is 8.03. The van der Waals surface area contributed by atoms with Crippen LogP contribution in [0, 0.1) is 0 Å². The van der Waals surface area contributed by atoms with Crippen molar-refractivity contribution < 1.29 is 0 Å². The van der Waals surface area contributed by atoms with Crippen molar-refractivity contribution in [1.29, 1.82) is 0 Å². The summed E-state index contributed by atoms with van der Waals surface area (Å²) >= 11 is 0. The molecule has 1 aromatic heterocycles. The van der Waals surface area contributed by atoms with Crippen molar-refractivity contribution in [3.63, 3.8) is 0 Å². The van der Waals surface area contributed by atoms with Crippen LogP contribution >= 0.6 is 0 Å². The van der Waals surface area contributed by atoms with Gasteiger partial charge in [-0.3, -0.25) is 9.88 Å². The van der Waals surface area contributed by atoms with Crippen LogP contribution in [0.5, 0.6) is 0 Å². The van der Waals surface area contributed by atoms with Gasteiger partial charge < -0.3 is 5.32 Å². The molecule has 1 aromatic rings. The lowest BCUT2D eigenvalue weighted by molar-refractivity contribution is 0.187. The van der Waals surface area contributed by atoms with Gasteiger partial charge in [-0.05, 0) is 37.8 Å². The molecule has 2 atom stereocenters. The Morgan fingerprint density at radius 3 is 2.75 bits per heavy atom. The van der Waals surface area contributed by atoms with Gasteiger partial charge in [0.1, 0.15) is 0 Å². The third kappa shape index (κ3) is 4.03. The van der Waals surface area contributed by atoms with Gasteiger partial charge >= 0.3 is 0 Å². The highest BCUT2D eigenvalue weighted by Crippen LogP contribution is 2.27. The minimum atomic E-state index is 0.519. The zero-order valence-corrected chi connectivity index (χ0v) is 13.4. The Hall–Kier alpha value is -0.930. The lowest BCUT2D eigenvalue weighted by atomic mass is 10.1. The summed E-state index contributed by atoms with van der Waals surface area (Å²) in [6.07, 6.45) is 5.94. The fourth-order valence-electron chi connectivity index (χ4n) is 3.01. The number of pyridine rings is 1. The predicted octanol–water partition coefficient (Wildman–Crippen LogP) is 3.34. The zero-order chi connectivity index (χ0) is 14.5. The highest BCUT2D eigenvalue weighted by atomic mass is 15.2. The topological polar surface area (TPSA) is 28.2 Å². The molecule has 3 heteroatoms. The number of nitrogens with one attached hydrogen (secondary N) is 1. The van der Waals surface area contributed by atoms with Crippen molar-refractivity contribution in [2.75, 3.05) is 0 Å². The van der Waals surface area contributed by atoms with Crippen LogP contribution in [0.1, 0.15) is 58.2 Å². The maximum absolute atomic E-state index is 4.64. The molecule has 1 aliphatic heterocycles. The molecule has 0 spiro atoms. The number of likely N-dealkylation sites (tertiary alicyclic amines) is 1. The molecule has 20 heavy (non-hydrogen) atoms. The lowest BCUT2D eigenvalue weighted by Gasteiger charge is -2.27. The smallest absolute Gasteiger partial charge is 0.0544 e. The van der Waals surface area contributed by atoms with Gasteiger partial charge in [0, 0.05) is 37.4 Å². The SMILES string of the molecule is CCC1CCC(C)N1Cc1ccc(CNC(C)C)cn1. The van der Waals surface area contributed by atoms with E-state index in [9.17, 15) is 0 Å². The van der Waals surface area contributed by atoms with Crippen LogP contribution in [0.25, 0.3) is 0 Å². The summed E-state index contributed by atoms with van der Waals surface area (Å²) in [7, 11) is 0. The van der Waals surface area contributed by atoms with E-state index < -0.39 is 0 Å². The van der Waals surface area contributed by atoms with E-state index in [-0.39, 0.29) is 0 Å². The van der Waals surface area contributed by atoms with E-state index in [1.54, 1.807) is 0 Å². The Labute approximate surface area is 123 Å². The minimum Gasteiger partial charge on any atom is -0.310 e. The van der Waals surface area contributed by atoms with Crippen LogP contribution in [0.3, 0.4) is 0 Å². The molecule has 1 N–H and O–H groups in total. The summed E-state index contributed by atoms with van der Waals surface area (Å²) in [5.74, 6) is 0. The average molecular weight is 275 g/mol. The van der Waals surface area contributed by atoms with Crippen molar-refractivity contribution in [3.8, 4) is 0 Å². The highest BCUT2D eigenvalue weighted by Gasteiger charge is 2.29. The second kappa shape index (κ2) is 7.19. The van der Waals surface area contributed by atoms with E-state index in [4.69, 9.17) is 0 Å². The Morgan fingerprint density at radius 1 is 1.35 bits per heavy atom. The normalized spacial score (nSPS) is 23.6. The van der Waals surface area contributed by atoms with Crippen molar-refractivity contribution >= 4 is 0 Å². The van der Waals surface area contributed by atoms with Gasteiger partial charge in [0.15, 0.2) is 0 Å². The lowest BCUT2D eigenvalue weighted by Crippen LogP contribution is -2.33. The Kier molecular flexibility index (Phi) is 5.55. The van der Waals surface area contributed by atoms with Gasteiger partial charge in [-0.1, -0.05) is 26.8 Å². The molecule has 0 aromatic carbocycles. The van der Waals surface area contributed by atoms with Crippen LogP contribution in [0.2, 0.25) is 0 Å². The van der Waals surface area contributed by atoms with Crippen molar-refractivity contribution in [1.82, 2.24) is 15.2 Å². The molecular weight excluding hydrogens is 246 g/mol. The van der Waals surface area contributed by atoms with Crippen LogP contribution < -0.4 is 5.32 Å². The highest BCUT2D eigenvalue weighted by molar-refractivity contribution is 5.14. The second-order valence-electron chi connectivity index (χ2n) is 6.35. The third-order valence-corrected chi connectivity index (χ3v) is 4.37. The van der Waals surface area contributed by atoms with Crippen molar-refractivity contribution in [2.24, 2.45) is 0 Å². The van der Waals surface area contributed by atoms with Gasteiger partial charge in [-0.2, -0.15) is 0 Å². The van der Waals surface area contributed by atoms with E-state index in [0.717, 1.165) is 19.1 Å².